The number of amides is 2. The van der Waals surface area contributed by atoms with Gasteiger partial charge in [0.1, 0.15) is 22.7 Å². The molecule has 0 unspecified atom stereocenters. The number of piperidine rings is 1. The molecule has 2 aliphatic rings. The smallest absolute Gasteiger partial charge is 0.270 e. The fourth-order valence-corrected chi connectivity index (χ4v) is 5.70. The van der Waals surface area contributed by atoms with E-state index < -0.39 is 0 Å². The van der Waals surface area contributed by atoms with Crippen molar-refractivity contribution in [3.63, 3.8) is 0 Å². The summed E-state index contributed by atoms with van der Waals surface area (Å²) in [4.78, 5) is 34.7. The van der Waals surface area contributed by atoms with Gasteiger partial charge in [-0.3, -0.25) is 14.5 Å². The van der Waals surface area contributed by atoms with Crippen molar-refractivity contribution in [1.29, 1.82) is 0 Å². The maximum absolute atomic E-state index is 13.4. The van der Waals surface area contributed by atoms with Gasteiger partial charge in [0.25, 0.3) is 11.8 Å². The van der Waals surface area contributed by atoms with Crippen LogP contribution in [-0.2, 0) is 4.74 Å². The number of nitrogens with zero attached hydrogens (tertiary/aromatic N) is 4. The SMILES string of the molecule is Cc1onc(-c2ccccc2)c1C(=O)N1CCC(c2nc(C(=O)NCCN3CCOCC3)cs2)CC1. The predicted molar refractivity (Wildman–Crippen MR) is 136 cm³/mol. The number of ether oxygens (including phenoxy) is 1. The molecule has 5 rings (SSSR count). The molecule has 3 aromatic rings. The molecule has 36 heavy (non-hydrogen) atoms. The summed E-state index contributed by atoms with van der Waals surface area (Å²) in [5, 5.41) is 9.93. The highest BCUT2D eigenvalue weighted by Crippen LogP contribution is 2.32. The van der Waals surface area contributed by atoms with Crippen molar-refractivity contribution in [1.82, 2.24) is 25.3 Å². The molecule has 1 aromatic carbocycles. The maximum Gasteiger partial charge on any atom is 0.270 e. The summed E-state index contributed by atoms with van der Waals surface area (Å²) in [6, 6.07) is 9.64. The fraction of sp³-hybridized carbons (Fsp3) is 0.462. The highest BCUT2D eigenvalue weighted by atomic mass is 32.1. The minimum Gasteiger partial charge on any atom is -0.379 e. The Kier molecular flexibility index (Phi) is 7.74. The lowest BCUT2D eigenvalue weighted by Gasteiger charge is -2.31. The molecule has 9 nitrogen and oxygen atoms in total. The van der Waals surface area contributed by atoms with Crippen molar-refractivity contribution in [2.24, 2.45) is 0 Å². The van der Waals surface area contributed by atoms with E-state index in [0.717, 1.165) is 56.3 Å². The minimum absolute atomic E-state index is 0.0504. The monoisotopic (exact) mass is 509 g/mol. The van der Waals surface area contributed by atoms with Gasteiger partial charge < -0.3 is 19.5 Å². The second-order valence-electron chi connectivity index (χ2n) is 9.18. The van der Waals surface area contributed by atoms with Crippen molar-refractivity contribution < 1.29 is 18.8 Å². The molecule has 2 fully saturated rings. The van der Waals surface area contributed by atoms with E-state index in [1.807, 2.05) is 40.6 Å². The quantitative estimate of drug-likeness (QED) is 0.522. The molecule has 0 radical (unpaired) electrons. The first-order valence-corrected chi connectivity index (χ1v) is 13.3. The number of benzene rings is 1. The van der Waals surface area contributed by atoms with Crippen LogP contribution in [0.5, 0.6) is 0 Å². The Balaban J connectivity index is 1.15. The summed E-state index contributed by atoms with van der Waals surface area (Å²) in [6.45, 7) is 7.76. The van der Waals surface area contributed by atoms with Crippen molar-refractivity contribution in [2.45, 2.75) is 25.7 Å². The largest absolute Gasteiger partial charge is 0.379 e. The van der Waals surface area contributed by atoms with Crippen LogP contribution in [0.25, 0.3) is 11.3 Å². The van der Waals surface area contributed by atoms with Crippen LogP contribution in [-0.4, -0.2) is 84.2 Å². The standard InChI is InChI=1S/C26H31N5O4S/c1-18-22(23(29-35-18)19-5-3-2-4-6-19)26(33)31-10-7-20(8-11-31)25-28-21(17-36-25)24(32)27-9-12-30-13-15-34-16-14-30/h2-6,17,20H,7-16H2,1H3,(H,27,32). The Morgan fingerprint density at radius 1 is 1.11 bits per heavy atom. The average Bonchev–Trinajstić information content (AvgIpc) is 3.57. The molecule has 2 aromatic heterocycles. The summed E-state index contributed by atoms with van der Waals surface area (Å²) in [7, 11) is 0. The number of rotatable bonds is 7. The predicted octanol–water partition coefficient (Wildman–Crippen LogP) is 3.19. The zero-order chi connectivity index (χ0) is 24.9. The second-order valence-corrected chi connectivity index (χ2v) is 10.1. The number of carbonyl (C=O) groups excluding carboxylic acids is 2. The first-order valence-electron chi connectivity index (χ1n) is 12.4. The van der Waals surface area contributed by atoms with Crippen molar-refractivity contribution in [3.05, 3.63) is 57.7 Å². The normalized spacial score (nSPS) is 17.3. The Morgan fingerprint density at radius 2 is 1.86 bits per heavy atom. The van der Waals surface area contributed by atoms with Crippen LogP contribution in [0.2, 0.25) is 0 Å². The van der Waals surface area contributed by atoms with E-state index in [0.29, 0.717) is 42.3 Å². The molecule has 1 N–H and O–H groups in total. The highest BCUT2D eigenvalue weighted by molar-refractivity contribution is 7.09. The molecule has 0 atom stereocenters. The van der Waals surface area contributed by atoms with Crippen LogP contribution in [0.1, 0.15) is 50.4 Å². The van der Waals surface area contributed by atoms with E-state index in [4.69, 9.17) is 9.26 Å². The number of morpholine rings is 1. The third kappa shape index (κ3) is 5.50. The number of thiazole rings is 1. The number of hydrogen-bond acceptors (Lipinski definition) is 8. The molecule has 0 spiro atoms. The molecule has 190 valence electrons. The lowest BCUT2D eigenvalue weighted by molar-refractivity contribution is 0.0383. The lowest BCUT2D eigenvalue weighted by atomic mass is 9.96. The fourth-order valence-electron chi connectivity index (χ4n) is 4.73. The van der Waals surface area contributed by atoms with E-state index >= 15 is 0 Å². The Morgan fingerprint density at radius 3 is 2.61 bits per heavy atom. The van der Waals surface area contributed by atoms with Gasteiger partial charge in [0.2, 0.25) is 0 Å². The van der Waals surface area contributed by atoms with E-state index in [1.54, 1.807) is 6.92 Å². The molecule has 0 bridgehead atoms. The number of aromatic nitrogens is 2. The van der Waals surface area contributed by atoms with E-state index in [1.165, 1.54) is 11.3 Å². The summed E-state index contributed by atoms with van der Waals surface area (Å²) in [5.74, 6) is 0.594. The molecule has 2 aliphatic heterocycles. The first kappa shape index (κ1) is 24.6. The third-order valence-electron chi connectivity index (χ3n) is 6.83. The van der Waals surface area contributed by atoms with Crippen LogP contribution in [0, 0.1) is 6.92 Å². The number of hydrogen-bond donors (Lipinski definition) is 1. The number of nitrogens with one attached hydrogen (secondary N) is 1. The average molecular weight is 510 g/mol. The zero-order valence-corrected chi connectivity index (χ0v) is 21.3. The van der Waals surface area contributed by atoms with Crippen LogP contribution in [0.15, 0.2) is 40.2 Å². The van der Waals surface area contributed by atoms with Crippen LogP contribution in [0.4, 0.5) is 0 Å². The van der Waals surface area contributed by atoms with Crippen LogP contribution < -0.4 is 5.32 Å². The van der Waals surface area contributed by atoms with Crippen LogP contribution in [0.3, 0.4) is 0 Å². The van der Waals surface area contributed by atoms with Gasteiger partial charge >= 0.3 is 0 Å². The van der Waals surface area contributed by atoms with Gasteiger partial charge in [0.15, 0.2) is 0 Å². The van der Waals surface area contributed by atoms with Gasteiger partial charge in [0, 0.05) is 56.1 Å². The number of likely N-dealkylation sites (tertiary alicyclic amines) is 1. The van der Waals surface area contributed by atoms with Gasteiger partial charge in [-0.25, -0.2) is 4.98 Å². The third-order valence-corrected chi connectivity index (χ3v) is 7.83. The van der Waals surface area contributed by atoms with Crippen molar-refractivity contribution in [2.75, 3.05) is 52.5 Å². The molecular formula is C26H31N5O4S. The summed E-state index contributed by atoms with van der Waals surface area (Å²) < 4.78 is 10.7. The molecule has 0 saturated carbocycles. The Hall–Kier alpha value is -3.08. The van der Waals surface area contributed by atoms with Gasteiger partial charge in [-0.05, 0) is 19.8 Å². The minimum atomic E-state index is -0.130. The van der Waals surface area contributed by atoms with Crippen LogP contribution >= 0.6 is 11.3 Å². The van der Waals surface area contributed by atoms with Gasteiger partial charge in [-0.15, -0.1) is 11.3 Å². The summed E-state index contributed by atoms with van der Waals surface area (Å²) in [6.07, 6.45) is 1.62. The molecule has 10 heteroatoms. The number of aryl methyl sites for hydroxylation is 1. The van der Waals surface area contributed by atoms with E-state index in [2.05, 4.69) is 20.4 Å². The zero-order valence-electron chi connectivity index (χ0n) is 20.4. The van der Waals surface area contributed by atoms with Gasteiger partial charge in [0.05, 0.1) is 18.2 Å². The van der Waals surface area contributed by atoms with Crippen molar-refractivity contribution in [3.8, 4) is 11.3 Å². The van der Waals surface area contributed by atoms with E-state index in [9.17, 15) is 9.59 Å². The number of carbonyl (C=O) groups is 2. The molecule has 0 aliphatic carbocycles. The molecule has 2 saturated heterocycles. The lowest BCUT2D eigenvalue weighted by Crippen LogP contribution is -2.41. The molecule has 4 heterocycles. The first-order chi connectivity index (χ1) is 17.6. The van der Waals surface area contributed by atoms with Gasteiger partial charge in [-0.1, -0.05) is 35.5 Å². The molecule has 2 amide bonds. The second kappa shape index (κ2) is 11.3. The summed E-state index contributed by atoms with van der Waals surface area (Å²) in [5.41, 5.74) is 2.46. The van der Waals surface area contributed by atoms with E-state index in [-0.39, 0.29) is 17.7 Å². The summed E-state index contributed by atoms with van der Waals surface area (Å²) >= 11 is 1.53. The topological polar surface area (TPSA) is 101 Å². The highest BCUT2D eigenvalue weighted by Gasteiger charge is 2.31. The Bertz CT molecular complexity index is 1180. The van der Waals surface area contributed by atoms with Gasteiger partial charge in [-0.2, -0.15) is 0 Å². The van der Waals surface area contributed by atoms with Crippen molar-refractivity contribution >= 4 is 23.2 Å². The maximum atomic E-state index is 13.4. The molecular weight excluding hydrogens is 478 g/mol. The Labute approximate surface area is 214 Å².